The molecule has 9 nitrogen and oxygen atoms in total. The van der Waals surface area contributed by atoms with Crippen LogP contribution in [0.3, 0.4) is 0 Å². The Morgan fingerprint density at radius 2 is 1.29 bits per heavy atom. The molecule has 0 aliphatic heterocycles. The summed E-state index contributed by atoms with van der Waals surface area (Å²) in [6.07, 6.45) is 0. The summed E-state index contributed by atoms with van der Waals surface area (Å²) in [6.45, 7) is 0. The van der Waals surface area contributed by atoms with E-state index in [4.69, 9.17) is 10.2 Å². The second-order valence-corrected chi connectivity index (χ2v) is 4.68. The molecule has 0 unspecified atom stereocenters. The van der Waals surface area contributed by atoms with Gasteiger partial charge in [-0.25, -0.2) is 4.79 Å². The van der Waals surface area contributed by atoms with Crippen LogP contribution in [0, 0.1) is 0 Å². The lowest BCUT2D eigenvalue weighted by Gasteiger charge is -2.08. The van der Waals surface area contributed by atoms with Crippen molar-refractivity contribution in [2.75, 3.05) is 0 Å². The number of carbonyl (C=O) groups is 3. The van der Waals surface area contributed by atoms with E-state index < -0.39 is 51.9 Å². The number of rotatable bonds is 3. The molecule has 0 atom stereocenters. The molecule has 0 saturated heterocycles. The zero-order valence-electron chi connectivity index (χ0n) is 11.8. The molecule has 0 aromatic heterocycles. The van der Waals surface area contributed by atoms with Crippen molar-refractivity contribution in [2.24, 2.45) is 0 Å². The zero-order valence-corrected chi connectivity index (χ0v) is 11.8. The van der Waals surface area contributed by atoms with Gasteiger partial charge in [0, 0.05) is 5.56 Å². The molecule has 2 aromatic carbocycles. The summed E-state index contributed by atoms with van der Waals surface area (Å²) in [7, 11) is 0. The third-order valence-corrected chi connectivity index (χ3v) is 3.05. The van der Waals surface area contributed by atoms with Gasteiger partial charge >= 0.3 is 5.97 Å². The Labute approximate surface area is 134 Å². The number of carboxylic acid groups (broad SMARTS) is 1. The highest BCUT2D eigenvalue weighted by Gasteiger charge is 2.20. The number of hydrogen-bond donors (Lipinski definition) is 6. The van der Waals surface area contributed by atoms with Gasteiger partial charge in [0.2, 0.25) is 0 Å². The van der Waals surface area contributed by atoms with Gasteiger partial charge in [-0.3, -0.25) is 14.9 Å². The summed E-state index contributed by atoms with van der Waals surface area (Å²) in [5.41, 5.74) is -1.28. The normalized spacial score (nSPS) is 10.2. The van der Waals surface area contributed by atoms with Crippen LogP contribution in [0.4, 0.5) is 0 Å². The number of aromatic hydroxyl groups is 4. The minimum atomic E-state index is -1.51. The van der Waals surface area contributed by atoms with Crippen LogP contribution in [0.1, 0.15) is 31.1 Å². The van der Waals surface area contributed by atoms with Gasteiger partial charge in [0.15, 0.2) is 11.5 Å². The first-order chi connectivity index (χ1) is 11.2. The number of carbonyl (C=O) groups excluding carboxylic acids is 2. The summed E-state index contributed by atoms with van der Waals surface area (Å²) < 4.78 is 0. The monoisotopic (exact) mass is 333 g/mol. The number of imide groups is 1. The van der Waals surface area contributed by atoms with Crippen LogP contribution in [-0.2, 0) is 0 Å². The van der Waals surface area contributed by atoms with Crippen molar-refractivity contribution in [2.45, 2.75) is 0 Å². The van der Waals surface area contributed by atoms with Gasteiger partial charge in [0.1, 0.15) is 17.1 Å². The van der Waals surface area contributed by atoms with Crippen LogP contribution in [0.25, 0.3) is 0 Å². The maximum atomic E-state index is 12.0. The maximum absolute atomic E-state index is 12.0. The zero-order chi connectivity index (χ0) is 18.0. The van der Waals surface area contributed by atoms with E-state index in [1.54, 1.807) is 0 Å². The lowest BCUT2D eigenvalue weighted by Crippen LogP contribution is -2.30. The smallest absolute Gasteiger partial charge is 0.339 e. The number of benzene rings is 2. The number of phenols is 4. The third-order valence-electron chi connectivity index (χ3n) is 3.05. The van der Waals surface area contributed by atoms with Gasteiger partial charge in [0.25, 0.3) is 11.8 Å². The van der Waals surface area contributed by atoms with E-state index in [0.29, 0.717) is 12.1 Å². The largest absolute Gasteiger partial charge is 0.507 e. The Bertz CT molecular complexity index is 859. The average Bonchev–Trinajstić information content (AvgIpc) is 2.51. The lowest BCUT2D eigenvalue weighted by molar-refractivity contribution is 0.0691. The highest BCUT2D eigenvalue weighted by Crippen LogP contribution is 2.28. The van der Waals surface area contributed by atoms with Gasteiger partial charge in [-0.05, 0) is 30.3 Å². The Morgan fingerprint density at radius 1 is 0.708 bits per heavy atom. The van der Waals surface area contributed by atoms with E-state index in [2.05, 4.69) is 0 Å². The van der Waals surface area contributed by atoms with Gasteiger partial charge in [-0.15, -0.1) is 0 Å². The fraction of sp³-hybridized carbons (Fsp3) is 0. The minimum Gasteiger partial charge on any atom is -0.507 e. The SMILES string of the molecule is O=C(NC(=O)c1cc(O)c(C(=O)O)cc1O)c1ccc(O)c(O)c1. The van der Waals surface area contributed by atoms with E-state index in [9.17, 15) is 29.7 Å². The van der Waals surface area contributed by atoms with Crippen molar-refractivity contribution in [1.82, 2.24) is 5.32 Å². The van der Waals surface area contributed by atoms with E-state index in [1.807, 2.05) is 5.32 Å². The van der Waals surface area contributed by atoms with Crippen molar-refractivity contribution in [1.29, 1.82) is 0 Å². The summed E-state index contributed by atoms with van der Waals surface area (Å²) in [4.78, 5) is 34.7. The molecule has 0 aliphatic carbocycles. The molecule has 2 rings (SSSR count). The van der Waals surface area contributed by atoms with Crippen molar-refractivity contribution in [3.05, 3.63) is 47.0 Å². The predicted octanol–water partition coefficient (Wildman–Crippen LogP) is 0.777. The number of aromatic carboxylic acids is 1. The molecule has 124 valence electrons. The fourth-order valence-corrected chi connectivity index (χ4v) is 1.84. The molecule has 0 aliphatic rings. The number of amides is 2. The Morgan fingerprint density at radius 3 is 1.88 bits per heavy atom. The Balaban J connectivity index is 2.26. The highest BCUT2D eigenvalue weighted by atomic mass is 16.4. The van der Waals surface area contributed by atoms with E-state index >= 15 is 0 Å². The molecule has 2 amide bonds. The van der Waals surface area contributed by atoms with Gasteiger partial charge < -0.3 is 25.5 Å². The van der Waals surface area contributed by atoms with Crippen molar-refractivity contribution in [3.8, 4) is 23.0 Å². The van der Waals surface area contributed by atoms with Gasteiger partial charge in [-0.1, -0.05) is 0 Å². The van der Waals surface area contributed by atoms with Crippen molar-refractivity contribution >= 4 is 17.8 Å². The first kappa shape index (κ1) is 16.6. The first-order valence-corrected chi connectivity index (χ1v) is 6.37. The standard InChI is InChI=1S/C15H11NO8/c17-9-2-1-6(3-12(9)20)13(21)16-14(22)7-4-11(19)8(15(23)24)5-10(7)18/h1-5,17-20H,(H,23,24)(H,16,21,22). The lowest BCUT2D eigenvalue weighted by atomic mass is 10.1. The molecule has 0 fully saturated rings. The quantitative estimate of drug-likeness (QED) is 0.272. The van der Waals surface area contributed by atoms with Crippen LogP contribution in [0.15, 0.2) is 30.3 Å². The molecule has 6 N–H and O–H groups in total. The van der Waals surface area contributed by atoms with Crippen molar-refractivity contribution < 1.29 is 39.9 Å². The van der Waals surface area contributed by atoms with Gasteiger partial charge in [-0.2, -0.15) is 0 Å². The first-order valence-electron chi connectivity index (χ1n) is 6.37. The second-order valence-electron chi connectivity index (χ2n) is 4.68. The maximum Gasteiger partial charge on any atom is 0.339 e. The number of hydrogen-bond acceptors (Lipinski definition) is 7. The molecule has 0 heterocycles. The molecule has 9 heteroatoms. The molecule has 0 bridgehead atoms. The minimum absolute atomic E-state index is 0.149. The summed E-state index contributed by atoms with van der Waals surface area (Å²) in [5.74, 6) is -6.09. The Hall–Kier alpha value is -3.75. The van der Waals surface area contributed by atoms with Gasteiger partial charge in [0.05, 0.1) is 5.56 Å². The van der Waals surface area contributed by atoms with Crippen LogP contribution in [0.2, 0.25) is 0 Å². The van der Waals surface area contributed by atoms with Crippen molar-refractivity contribution in [3.63, 3.8) is 0 Å². The van der Waals surface area contributed by atoms with Crippen LogP contribution < -0.4 is 5.32 Å². The number of nitrogens with one attached hydrogen (secondary N) is 1. The predicted molar refractivity (Wildman–Crippen MR) is 78.3 cm³/mol. The third kappa shape index (κ3) is 3.19. The highest BCUT2D eigenvalue weighted by molar-refractivity contribution is 6.12. The molecule has 0 radical (unpaired) electrons. The summed E-state index contributed by atoms with van der Waals surface area (Å²) in [5, 5.41) is 48.4. The van der Waals surface area contributed by atoms with Crippen LogP contribution >= 0.6 is 0 Å². The molecule has 0 spiro atoms. The molecular formula is C15H11NO8. The summed E-state index contributed by atoms with van der Waals surface area (Å²) in [6, 6.07) is 4.48. The molecule has 24 heavy (non-hydrogen) atoms. The second kappa shape index (κ2) is 6.16. The van der Waals surface area contributed by atoms with Crippen LogP contribution in [-0.4, -0.2) is 43.3 Å². The number of phenolic OH excluding ortho intramolecular Hbond substituents is 3. The molecular weight excluding hydrogens is 322 g/mol. The summed E-state index contributed by atoms with van der Waals surface area (Å²) >= 11 is 0. The van der Waals surface area contributed by atoms with E-state index in [0.717, 1.165) is 18.2 Å². The van der Waals surface area contributed by atoms with E-state index in [1.165, 1.54) is 0 Å². The fourth-order valence-electron chi connectivity index (χ4n) is 1.84. The number of carboxylic acids is 1. The Kier molecular flexibility index (Phi) is 4.27. The molecule has 2 aromatic rings. The van der Waals surface area contributed by atoms with Crippen LogP contribution in [0.5, 0.6) is 23.0 Å². The van der Waals surface area contributed by atoms with E-state index in [-0.39, 0.29) is 5.56 Å². The molecule has 0 saturated carbocycles. The topological polar surface area (TPSA) is 164 Å². The average molecular weight is 333 g/mol.